The van der Waals surface area contributed by atoms with Crippen molar-refractivity contribution in [2.75, 3.05) is 6.54 Å². The van der Waals surface area contributed by atoms with Gasteiger partial charge < -0.3 is 10.1 Å². The molecular formula is C20H17BrCl2N2O3. The Kier molecular flexibility index (Phi) is 6.65. The molecule has 28 heavy (non-hydrogen) atoms. The minimum absolute atomic E-state index is 0.214. The van der Waals surface area contributed by atoms with Gasteiger partial charge in [-0.1, -0.05) is 48.3 Å². The van der Waals surface area contributed by atoms with E-state index in [9.17, 15) is 9.59 Å². The monoisotopic (exact) mass is 482 g/mol. The summed E-state index contributed by atoms with van der Waals surface area (Å²) in [6.45, 7) is 2.54. The predicted octanol–water partition coefficient (Wildman–Crippen LogP) is 5.64. The normalized spacial score (nSPS) is 15.3. The lowest BCUT2D eigenvalue weighted by Crippen LogP contribution is -2.31. The summed E-state index contributed by atoms with van der Waals surface area (Å²) < 4.78 is 6.44. The minimum Gasteiger partial charge on any atom is -0.486 e. The van der Waals surface area contributed by atoms with Crippen LogP contribution in [0.2, 0.25) is 10.0 Å². The first-order valence-electron chi connectivity index (χ1n) is 8.60. The Hall–Kier alpha value is -2.02. The van der Waals surface area contributed by atoms with E-state index in [1.165, 1.54) is 4.90 Å². The fraction of sp³-hybridized carbons (Fsp3) is 0.200. The quantitative estimate of drug-likeness (QED) is 0.427. The predicted molar refractivity (Wildman–Crippen MR) is 113 cm³/mol. The van der Waals surface area contributed by atoms with Crippen molar-refractivity contribution >= 4 is 57.1 Å². The molecule has 146 valence electrons. The summed E-state index contributed by atoms with van der Waals surface area (Å²) in [5.41, 5.74) is 1.71. The highest BCUT2D eigenvalue weighted by atomic mass is 79.9. The third-order valence-electron chi connectivity index (χ3n) is 4.07. The van der Waals surface area contributed by atoms with Gasteiger partial charge >= 0.3 is 6.03 Å². The Labute approximate surface area is 181 Å². The van der Waals surface area contributed by atoms with Gasteiger partial charge in [0, 0.05) is 17.1 Å². The van der Waals surface area contributed by atoms with Crippen LogP contribution in [0.4, 0.5) is 4.79 Å². The molecular weight excluding hydrogens is 467 g/mol. The summed E-state index contributed by atoms with van der Waals surface area (Å²) in [6, 6.07) is 10.4. The molecule has 0 saturated carbocycles. The number of urea groups is 1. The van der Waals surface area contributed by atoms with E-state index in [4.69, 9.17) is 27.9 Å². The lowest BCUT2D eigenvalue weighted by molar-refractivity contribution is -0.122. The molecule has 2 aromatic carbocycles. The minimum atomic E-state index is -0.414. The second-order valence-electron chi connectivity index (χ2n) is 6.14. The van der Waals surface area contributed by atoms with Gasteiger partial charge in [0.25, 0.3) is 5.91 Å². The zero-order chi connectivity index (χ0) is 20.3. The van der Waals surface area contributed by atoms with Crippen molar-refractivity contribution in [2.45, 2.75) is 20.0 Å². The van der Waals surface area contributed by atoms with Crippen LogP contribution in [0.5, 0.6) is 5.75 Å². The van der Waals surface area contributed by atoms with Crippen LogP contribution < -0.4 is 10.1 Å². The third kappa shape index (κ3) is 4.51. The van der Waals surface area contributed by atoms with Crippen LogP contribution in [-0.4, -0.2) is 23.4 Å². The average Bonchev–Trinajstić information content (AvgIpc) is 2.90. The highest BCUT2D eigenvalue weighted by Crippen LogP contribution is 2.36. The van der Waals surface area contributed by atoms with Gasteiger partial charge in [-0.3, -0.25) is 9.69 Å². The van der Waals surface area contributed by atoms with Crippen molar-refractivity contribution in [3.05, 3.63) is 67.7 Å². The SMILES string of the molecule is CCCN1C(=O)N/C(=C/c2cc(Cl)c(OCc3ccccc3Cl)c(Br)c2)C1=O. The zero-order valence-corrected chi connectivity index (χ0v) is 18.1. The molecule has 0 bridgehead atoms. The number of imide groups is 1. The van der Waals surface area contributed by atoms with Crippen LogP contribution >= 0.6 is 39.1 Å². The molecule has 8 heteroatoms. The number of hydrogen-bond donors (Lipinski definition) is 1. The van der Waals surface area contributed by atoms with Gasteiger partial charge in [0.15, 0.2) is 5.75 Å². The van der Waals surface area contributed by atoms with E-state index in [-0.39, 0.29) is 18.2 Å². The number of carbonyl (C=O) groups is 2. The van der Waals surface area contributed by atoms with Gasteiger partial charge in [-0.25, -0.2) is 4.79 Å². The molecule has 0 atom stereocenters. The molecule has 1 saturated heterocycles. The van der Waals surface area contributed by atoms with Crippen molar-refractivity contribution in [1.29, 1.82) is 0 Å². The Bertz CT molecular complexity index is 939. The Morgan fingerprint density at radius 3 is 2.61 bits per heavy atom. The zero-order valence-electron chi connectivity index (χ0n) is 15.0. The highest BCUT2D eigenvalue weighted by molar-refractivity contribution is 9.10. The molecule has 1 fully saturated rings. The van der Waals surface area contributed by atoms with Crippen LogP contribution in [0, 0.1) is 0 Å². The van der Waals surface area contributed by atoms with E-state index in [1.54, 1.807) is 24.3 Å². The number of halogens is 3. The Morgan fingerprint density at radius 2 is 1.93 bits per heavy atom. The maximum absolute atomic E-state index is 12.3. The summed E-state index contributed by atoms with van der Waals surface area (Å²) in [4.78, 5) is 25.4. The topological polar surface area (TPSA) is 58.6 Å². The number of ether oxygens (including phenoxy) is 1. The number of benzene rings is 2. The van der Waals surface area contributed by atoms with E-state index in [0.717, 1.165) is 5.56 Å². The summed E-state index contributed by atoms with van der Waals surface area (Å²) in [5, 5.41) is 3.57. The molecule has 0 unspecified atom stereocenters. The molecule has 3 rings (SSSR count). The molecule has 0 spiro atoms. The first-order chi connectivity index (χ1) is 13.4. The van der Waals surface area contributed by atoms with Crippen LogP contribution in [0.3, 0.4) is 0 Å². The molecule has 0 aliphatic carbocycles. The smallest absolute Gasteiger partial charge is 0.329 e. The summed E-state index contributed by atoms with van der Waals surface area (Å²) in [6.07, 6.45) is 2.28. The number of carbonyl (C=O) groups excluding carboxylic acids is 2. The van der Waals surface area contributed by atoms with Gasteiger partial charge in [-0.15, -0.1) is 0 Å². The van der Waals surface area contributed by atoms with Crippen molar-refractivity contribution in [1.82, 2.24) is 10.2 Å². The second-order valence-corrected chi connectivity index (χ2v) is 7.81. The maximum Gasteiger partial charge on any atom is 0.329 e. The number of amides is 3. The molecule has 1 aliphatic rings. The number of nitrogens with zero attached hydrogens (tertiary/aromatic N) is 1. The highest BCUT2D eigenvalue weighted by Gasteiger charge is 2.32. The molecule has 0 aromatic heterocycles. The van der Waals surface area contributed by atoms with Crippen molar-refractivity contribution in [2.24, 2.45) is 0 Å². The Morgan fingerprint density at radius 1 is 1.18 bits per heavy atom. The summed E-state index contributed by atoms with van der Waals surface area (Å²) >= 11 is 16.0. The number of hydrogen-bond acceptors (Lipinski definition) is 3. The summed E-state index contributed by atoms with van der Waals surface area (Å²) in [5.74, 6) is 0.122. The van der Waals surface area contributed by atoms with Gasteiger partial charge in [-0.05, 0) is 52.2 Å². The molecule has 1 N–H and O–H groups in total. The molecule has 5 nitrogen and oxygen atoms in total. The van der Waals surface area contributed by atoms with Crippen LogP contribution in [0.15, 0.2) is 46.6 Å². The van der Waals surface area contributed by atoms with E-state index in [0.29, 0.717) is 38.8 Å². The van der Waals surface area contributed by atoms with Crippen LogP contribution in [0.25, 0.3) is 6.08 Å². The van der Waals surface area contributed by atoms with E-state index in [1.807, 2.05) is 25.1 Å². The lowest BCUT2D eigenvalue weighted by Gasteiger charge is -2.12. The standard InChI is InChI=1S/C20H17BrCl2N2O3/c1-2-7-25-19(26)17(24-20(25)27)10-12-8-14(21)18(16(23)9-12)28-11-13-5-3-4-6-15(13)22/h3-6,8-10H,2,7,11H2,1H3,(H,24,27)/b17-10+. The fourth-order valence-corrected chi connectivity index (χ4v) is 3.91. The fourth-order valence-electron chi connectivity index (χ4n) is 2.73. The largest absolute Gasteiger partial charge is 0.486 e. The van der Waals surface area contributed by atoms with E-state index < -0.39 is 6.03 Å². The number of nitrogens with one attached hydrogen (secondary N) is 1. The summed E-state index contributed by atoms with van der Waals surface area (Å²) in [7, 11) is 0. The van der Waals surface area contributed by atoms with Gasteiger partial charge in [0.2, 0.25) is 0 Å². The average molecular weight is 484 g/mol. The van der Waals surface area contributed by atoms with Crippen molar-refractivity contribution < 1.29 is 14.3 Å². The van der Waals surface area contributed by atoms with Gasteiger partial charge in [-0.2, -0.15) is 0 Å². The first-order valence-corrected chi connectivity index (χ1v) is 10.2. The lowest BCUT2D eigenvalue weighted by atomic mass is 10.1. The van der Waals surface area contributed by atoms with Crippen LogP contribution in [-0.2, 0) is 11.4 Å². The molecule has 3 amide bonds. The number of rotatable bonds is 6. The maximum atomic E-state index is 12.3. The van der Waals surface area contributed by atoms with Crippen LogP contribution in [0.1, 0.15) is 24.5 Å². The molecule has 1 aliphatic heterocycles. The third-order valence-corrected chi connectivity index (χ3v) is 5.31. The van der Waals surface area contributed by atoms with Gasteiger partial charge in [0.1, 0.15) is 12.3 Å². The van der Waals surface area contributed by atoms with Crippen molar-refractivity contribution in [3.8, 4) is 5.75 Å². The van der Waals surface area contributed by atoms with Crippen molar-refractivity contribution in [3.63, 3.8) is 0 Å². The Balaban J connectivity index is 1.79. The molecule has 1 heterocycles. The van der Waals surface area contributed by atoms with E-state index >= 15 is 0 Å². The second kappa shape index (κ2) is 8.99. The molecule has 0 radical (unpaired) electrons. The first kappa shape index (κ1) is 20.7. The molecule has 2 aromatic rings. The van der Waals surface area contributed by atoms with E-state index in [2.05, 4.69) is 21.2 Å². The van der Waals surface area contributed by atoms with Gasteiger partial charge in [0.05, 0.1) is 9.50 Å².